The number of hydrogen-bond donors (Lipinski definition) is 3. The Kier molecular flexibility index (Phi) is 5.79. The predicted octanol–water partition coefficient (Wildman–Crippen LogP) is 2.35. The number of carboxylic acids is 1. The average Bonchev–Trinajstić information content (AvgIpc) is 2.76. The molecule has 2 aromatic carbocycles. The minimum atomic E-state index is -1.36. The molecule has 1 saturated heterocycles. The van der Waals surface area contributed by atoms with Gasteiger partial charge in [-0.3, -0.25) is 15.2 Å². The van der Waals surface area contributed by atoms with Crippen LogP contribution in [0, 0.1) is 5.82 Å². The summed E-state index contributed by atoms with van der Waals surface area (Å²) < 4.78 is 18.4. The maximum absolute atomic E-state index is 13.2. The van der Waals surface area contributed by atoms with Gasteiger partial charge in [-0.05, 0) is 41.8 Å². The Morgan fingerprint density at radius 2 is 1.81 bits per heavy atom. The second-order valence-electron chi connectivity index (χ2n) is 7.21. The third-order valence-electron chi connectivity index (χ3n) is 5.07. The van der Waals surface area contributed by atoms with Gasteiger partial charge in [0.25, 0.3) is 5.91 Å². The summed E-state index contributed by atoms with van der Waals surface area (Å²) in [6.45, 7) is 1.95. The molecule has 0 radical (unpaired) electrons. The number of hydrazine groups is 1. The summed E-state index contributed by atoms with van der Waals surface area (Å²) in [5, 5.41) is 21.9. The number of ether oxygens (including phenoxy) is 1. The van der Waals surface area contributed by atoms with Crippen molar-refractivity contribution in [1.29, 1.82) is 0 Å². The van der Waals surface area contributed by atoms with Gasteiger partial charge in [0.05, 0.1) is 18.8 Å². The van der Waals surface area contributed by atoms with Gasteiger partial charge < -0.3 is 14.9 Å². The summed E-state index contributed by atoms with van der Waals surface area (Å²) in [6.07, 6.45) is 1.93. The molecule has 1 aliphatic rings. The highest BCUT2D eigenvalue weighted by molar-refractivity contribution is 6.11. The number of aromatic carboxylic acids is 1. The van der Waals surface area contributed by atoms with Crippen LogP contribution in [0.1, 0.15) is 31.8 Å². The molecular weight excluding hydrogens is 405 g/mol. The number of nitrogens with zero attached hydrogens (tertiary/aromatic N) is 2. The van der Waals surface area contributed by atoms with Crippen molar-refractivity contribution < 1.29 is 28.9 Å². The van der Waals surface area contributed by atoms with Gasteiger partial charge in [-0.15, -0.1) is 0 Å². The van der Waals surface area contributed by atoms with Crippen molar-refractivity contribution in [2.75, 3.05) is 26.3 Å². The number of rotatable bonds is 5. The average molecular weight is 425 g/mol. The van der Waals surface area contributed by atoms with Crippen molar-refractivity contribution >= 4 is 22.8 Å². The topological polar surface area (TPSA) is 112 Å². The van der Waals surface area contributed by atoms with Crippen LogP contribution in [0.5, 0.6) is 5.75 Å². The zero-order chi connectivity index (χ0) is 22.0. The van der Waals surface area contributed by atoms with Crippen molar-refractivity contribution in [3.63, 3.8) is 0 Å². The minimum Gasteiger partial charge on any atom is -0.505 e. The number of pyridine rings is 1. The molecule has 1 aliphatic heterocycles. The predicted molar refractivity (Wildman–Crippen MR) is 109 cm³/mol. The first-order chi connectivity index (χ1) is 14.9. The molecule has 4 rings (SSSR count). The largest absolute Gasteiger partial charge is 0.505 e. The van der Waals surface area contributed by atoms with Crippen molar-refractivity contribution in [3.8, 4) is 5.75 Å². The number of carbonyl (C=O) groups excluding carboxylic acids is 1. The van der Waals surface area contributed by atoms with Crippen LogP contribution in [0.4, 0.5) is 4.39 Å². The second kappa shape index (κ2) is 8.66. The number of carboxylic acid groups (broad SMARTS) is 1. The third-order valence-corrected chi connectivity index (χ3v) is 5.07. The molecule has 0 spiro atoms. The van der Waals surface area contributed by atoms with Gasteiger partial charge in [0.1, 0.15) is 16.9 Å². The number of fused-ring (bicyclic) bond motifs is 1. The molecule has 0 saturated carbocycles. The van der Waals surface area contributed by atoms with E-state index in [2.05, 4.69) is 10.4 Å². The zero-order valence-corrected chi connectivity index (χ0v) is 16.5. The van der Waals surface area contributed by atoms with E-state index in [4.69, 9.17) is 4.74 Å². The molecule has 1 fully saturated rings. The smallest absolute Gasteiger partial charge is 0.339 e. The van der Waals surface area contributed by atoms with E-state index in [0.717, 1.165) is 17.2 Å². The summed E-state index contributed by atoms with van der Waals surface area (Å²) in [5.41, 5.74) is 4.03. The fourth-order valence-corrected chi connectivity index (χ4v) is 3.48. The first kappa shape index (κ1) is 20.7. The summed E-state index contributed by atoms with van der Waals surface area (Å²) in [5.74, 6) is -2.71. The SMILES string of the molecule is O=C(O)c1cc(C(=O)NN2CCOCC2)c2cc(Cc3ccc(F)cc3)cnc2c1O. The highest BCUT2D eigenvalue weighted by atomic mass is 19.1. The Morgan fingerprint density at radius 1 is 1.10 bits per heavy atom. The number of carbonyl (C=O) groups is 2. The van der Waals surface area contributed by atoms with Gasteiger partial charge in [-0.1, -0.05) is 12.1 Å². The van der Waals surface area contributed by atoms with Crippen LogP contribution < -0.4 is 5.43 Å². The molecule has 0 bridgehead atoms. The first-order valence-corrected chi connectivity index (χ1v) is 9.68. The van der Waals surface area contributed by atoms with E-state index in [1.54, 1.807) is 23.2 Å². The lowest BCUT2D eigenvalue weighted by atomic mass is 9.99. The van der Waals surface area contributed by atoms with Gasteiger partial charge >= 0.3 is 5.97 Å². The number of morpholine rings is 1. The maximum Gasteiger partial charge on any atom is 0.339 e. The van der Waals surface area contributed by atoms with E-state index in [-0.39, 0.29) is 16.9 Å². The Labute approximate surface area is 176 Å². The van der Waals surface area contributed by atoms with E-state index in [1.165, 1.54) is 18.3 Å². The van der Waals surface area contributed by atoms with Crippen molar-refractivity contribution in [3.05, 3.63) is 70.7 Å². The molecule has 31 heavy (non-hydrogen) atoms. The van der Waals surface area contributed by atoms with Gasteiger partial charge in [-0.2, -0.15) is 0 Å². The molecule has 8 nitrogen and oxygen atoms in total. The van der Waals surface area contributed by atoms with E-state index < -0.39 is 23.2 Å². The van der Waals surface area contributed by atoms with E-state index in [1.807, 2.05) is 0 Å². The number of hydrogen-bond acceptors (Lipinski definition) is 6. The molecule has 1 amide bonds. The van der Waals surface area contributed by atoms with Crippen LogP contribution in [0.15, 0.2) is 42.6 Å². The lowest BCUT2D eigenvalue weighted by Crippen LogP contribution is -2.48. The standard InChI is InChI=1S/C22H20FN3O5/c23-15-3-1-13(2-4-15)9-14-10-16-17(21(28)25-26-5-7-31-8-6-26)11-18(22(29)30)20(27)19(16)24-12-14/h1-4,10-12,27H,5-9H2,(H,25,28)(H,29,30). The highest BCUT2D eigenvalue weighted by Crippen LogP contribution is 2.31. The molecule has 160 valence electrons. The molecule has 0 aliphatic carbocycles. The lowest BCUT2D eigenvalue weighted by Gasteiger charge is -2.27. The quantitative estimate of drug-likeness (QED) is 0.575. The van der Waals surface area contributed by atoms with Crippen molar-refractivity contribution in [2.24, 2.45) is 0 Å². The van der Waals surface area contributed by atoms with Gasteiger partial charge in [-0.25, -0.2) is 14.2 Å². The number of benzene rings is 2. The molecule has 0 atom stereocenters. The number of amides is 1. The van der Waals surface area contributed by atoms with Gasteiger partial charge in [0, 0.05) is 24.7 Å². The monoisotopic (exact) mass is 425 g/mol. The molecular formula is C22H20FN3O5. The van der Waals surface area contributed by atoms with Crippen LogP contribution in [0.2, 0.25) is 0 Å². The van der Waals surface area contributed by atoms with Crippen LogP contribution in [-0.2, 0) is 11.2 Å². The molecule has 1 aromatic heterocycles. The van der Waals surface area contributed by atoms with Crippen molar-refractivity contribution in [1.82, 2.24) is 15.4 Å². The number of halogens is 1. The van der Waals surface area contributed by atoms with Gasteiger partial charge in [0.15, 0.2) is 5.75 Å². The highest BCUT2D eigenvalue weighted by Gasteiger charge is 2.23. The first-order valence-electron chi connectivity index (χ1n) is 9.68. The third kappa shape index (κ3) is 4.47. The number of aromatic nitrogens is 1. The van der Waals surface area contributed by atoms with Crippen molar-refractivity contribution in [2.45, 2.75) is 6.42 Å². The molecule has 3 aromatic rings. The lowest BCUT2D eigenvalue weighted by molar-refractivity contribution is 0.0127. The number of nitrogens with one attached hydrogen (secondary N) is 1. The number of phenols is 1. The fourth-order valence-electron chi connectivity index (χ4n) is 3.48. The molecule has 0 unspecified atom stereocenters. The van der Waals surface area contributed by atoms with E-state index in [0.29, 0.717) is 38.1 Å². The van der Waals surface area contributed by atoms with Crippen LogP contribution in [0.25, 0.3) is 10.9 Å². The van der Waals surface area contributed by atoms with Crippen LogP contribution >= 0.6 is 0 Å². The molecule has 3 N–H and O–H groups in total. The summed E-state index contributed by atoms with van der Waals surface area (Å²) in [4.78, 5) is 28.8. The van der Waals surface area contributed by atoms with Gasteiger partial charge in [0.2, 0.25) is 0 Å². The second-order valence-corrected chi connectivity index (χ2v) is 7.21. The summed E-state index contributed by atoms with van der Waals surface area (Å²) in [6, 6.07) is 8.85. The van der Waals surface area contributed by atoms with E-state index in [9.17, 15) is 24.2 Å². The summed E-state index contributed by atoms with van der Waals surface area (Å²) >= 11 is 0. The zero-order valence-electron chi connectivity index (χ0n) is 16.5. The Hall–Kier alpha value is -3.56. The Morgan fingerprint density at radius 3 is 2.48 bits per heavy atom. The molecule has 9 heteroatoms. The molecule has 2 heterocycles. The number of aromatic hydroxyl groups is 1. The normalized spacial score (nSPS) is 14.5. The van der Waals surface area contributed by atoms with Crippen LogP contribution in [-0.4, -0.2) is 58.4 Å². The Balaban J connectivity index is 1.75. The Bertz CT molecular complexity index is 1140. The van der Waals surface area contributed by atoms with E-state index >= 15 is 0 Å². The maximum atomic E-state index is 13.2. The summed E-state index contributed by atoms with van der Waals surface area (Å²) in [7, 11) is 0. The van der Waals surface area contributed by atoms with Crippen LogP contribution in [0.3, 0.4) is 0 Å². The minimum absolute atomic E-state index is 0.0230. The fraction of sp³-hybridized carbons (Fsp3) is 0.227.